The third-order valence-corrected chi connectivity index (χ3v) is 5.93. The molecule has 0 saturated heterocycles. The molecule has 3 aromatic heterocycles. The molecule has 9 heteroatoms. The van der Waals surface area contributed by atoms with Gasteiger partial charge in [0.1, 0.15) is 22.9 Å². The average Bonchev–Trinajstić information content (AvgIpc) is 3.38. The number of methoxy groups -OCH3 is 1. The van der Waals surface area contributed by atoms with Crippen LogP contribution in [0.5, 0.6) is 5.88 Å². The molecule has 0 atom stereocenters. The number of carbonyl (C=O) groups is 1. The van der Waals surface area contributed by atoms with Gasteiger partial charge in [0.05, 0.1) is 19.9 Å². The SMILES string of the molecule is CCOC(=O)c1cnn2c(N(Cc3ccccc3)Cc3ccccc3)cc(Nc3cccnc3OC)nc12. The first-order valence-corrected chi connectivity index (χ1v) is 12.3. The van der Waals surface area contributed by atoms with E-state index in [1.54, 1.807) is 24.7 Å². The third-order valence-electron chi connectivity index (χ3n) is 5.93. The molecule has 0 fully saturated rings. The molecular formula is C29H28N6O3. The van der Waals surface area contributed by atoms with Crippen molar-refractivity contribution in [3.63, 3.8) is 0 Å². The topological polar surface area (TPSA) is 93.9 Å². The summed E-state index contributed by atoms with van der Waals surface area (Å²) >= 11 is 0. The van der Waals surface area contributed by atoms with E-state index in [9.17, 15) is 4.79 Å². The molecule has 0 saturated carbocycles. The van der Waals surface area contributed by atoms with Gasteiger partial charge >= 0.3 is 5.97 Å². The van der Waals surface area contributed by atoms with E-state index in [-0.39, 0.29) is 12.2 Å². The van der Waals surface area contributed by atoms with Crippen LogP contribution >= 0.6 is 0 Å². The minimum absolute atomic E-state index is 0.252. The highest BCUT2D eigenvalue weighted by Crippen LogP contribution is 2.29. The number of hydrogen-bond acceptors (Lipinski definition) is 8. The number of nitrogens with one attached hydrogen (secondary N) is 1. The maximum atomic E-state index is 12.8. The van der Waals surface area contributed by atoms with E-state index >= 15 is 0 Å². The van der Waals surface area contributed by atoms with Crippen LogP contribution in [0.3, 0.4) is 0 Å². The van der Waals surface area contributed by atoms with Gasteiger partial charge in [0, 0.05) is 25.4 Å². The Labute approximate surface area is 220 Å². The van der Waals surface area contributed by atoms with Crippen LogP contribution in [-0.2, 0) is 17.8 Å². The molecule has 1 N–H and O–H groups in total. The molecule has 0 bridgehead atoms. The first-order chi connectivity index (χ1) is 18.7. The fourth-order valence-electron chi connectivity index (χ4n) is 4.20. The monoisotopic (exact) mass is 508 g/mol. The van der Waals surface area contributed by atoms with Crippen molar-refractivity contribution in [1.82, 2.24) is 19.6 Å². The minimum atomic E-state index is -0.477. The largest absolute Gasteiger partial charge is 0.480 e. The quantitative estimate of drug-likeness (QED) is 0.255. The molecule has 0 radical (unpaired) electrons. The van der Waals surface area contributed by atoms with Crippen molar-refractivity contribution >= 4 is 28.9 Å². The van der Waals surface area contributed by atoms with Gasteiger partial charge in [-0.3, -0.25) is 0 Å². The third kappa shape index (κ3) is 5.41. The van der Waals surface area contributed by atoms with Gasteiger partial charge in [-0.2, -0.15) is 9.61 Å². The fraction of sp³-hybridized carbons (Fsp3) is 0.172. The summed E-state index contributed by atoms with van der Waals surface area (Å²) in [4.78, 5) is 24.0. The lowest BCUT2D eigenvalue weighted by molar-refractivity contribution is 0.0528. The van der Waals surface area contributed by atoms with E-state index < -0.39 is 5.97 Å². The summed E-state index contributed by atoms with van der Waals surface area (Å²) in [6.07, 6.45) is 3.16. The van der Waals surface area contributed by atoms with Crippen molar-refractivity contribution < 1.29 is 14.3 Å². The molecule has 0 spiro atoms. The second-order valence-electron chi connectivity index (χ2n) is 8.53. The molecule has 0 aliphatic carbocycles. The van der Waals surface area contributed by atoms with Crippen molar-refractivity contribution in [2.45, 2.75) is 20.0 Å². The molecule has 2 aromatic carbocycles. The Bertz CT molecular complexity index is 1480. The number of aromatic nitrogens is 4. The number of nitrogens with zero attached hydrogens (tertiary/aromatic N) is 5. The van der Waals surface area contributed by atoms with Crippen LogP contribution < -0.4 is 15.0 Å². The van der Waals surface area contributed by atoms with Gasteiger partial charge in [0.15, 0.2) is 5.65 Å². The number of pyridine rings is 1. The van der Waals surface area contributed by atoms with Crippen LogP contribution in [0.15, 0.2) is 91.3 Å². The predicted octanol–water partition coefficient (Wildman–Crippen LogP) is 5.26. The molecule has 0 unspecified atom stereocenters. The van der Waals surface area contributed by atoms with Crippen molar-refractivity contribution in [2.75, 3.05) is 23.9 Å². The van der Waals surface area contributed by atoms with Gasteiger partial charge in [-0.25, -0.2) is 14.8 Å². The number of anilines is 3. The van der Waals surface area contributed by atoms with Crippen LogP contribution in [0.4, 0.5) is 17.3 Å². The number of esters is 1. The van der Waals surface area contributed by atoms with E-state index in [1.807, 2.05) is 54.6 Å². The summed E-state index contributed by atoms with van der Waals surface area (Å²) in [5.74, 6) is 1.22. The highest BCUT2D eigenvalue weighted by atomic mass is 16.5. The van der Waals surface area contributed by atoms with Crippen molar-refractivity contribution in [2.24, 2.45) is 0 Å². The molecule has 0 aliphatic heterocycles. The molecule has 5 rings (SSSR count). The second-order valence-corrected chi connectivity index (χ2v) is 8.53. The Morgan fingerprint density at radius 2 is 1.66 bits per heavy atom. The molecule has 0 amide bonds. The van der Waals surface area contributed by atoms with E-state index in [0.29, 0.717) is 36.1 Å². The molecule has 9 nitrogen and oxygen atoms in total. The lowest BCUT2D eigenvalue weighted by Gasteiger charge is -2.26. The molecule has 5 aromatic rings. The number of carbonyl (C=O) groups excluding carboxylic acids is 1. The van der Waals surface area contributed by atoms with E-state index in [0.717, 1.165) is 16.9 Å². The minimum Gasteiger partial charge on any atom is -0.480 e. The summed E-state index contributed by atoms with van der Waals surface area (Å²) in [6.45, 7) is 3.24. The highest BCUT2D eigenvalue weighted by Gasteiger charge is 2.22. The summed E-state index contributed by atoms with van der Waals surface area (Å²) < 4.78 is 12.4. The lowest BCUT2D eigenvalue weighted by atomic mass is 10.1. The zero-order valence-electron chi connectivity index (χ0n) is 21.2. The fourth-order valence-corrected chi connectivity index (χ4v) is 4.20. The zero-order chi connectivity index (χ0) is 26.3. The average molecular weight is 509 g/mol. The molecule has 38 heavy (non-hydrogen) atoms. The smallest absolute Gasteiger partial charge is 0.343 e. The molecular weight excluding hydrogens is 480 g/mol. The summed E-state index contributed by atoms with van der Waals surface area (Å²) in [6, 6.07) is 26.0. The Morgan fingerprint density at radius 3 is 2.29 bits per heavy atom. The number of benzene rings is 2. The summed E-state index contributed by atoms with van der Waals surface area (Å²) in [5.41, 5.74) is 3.59. The molecule has 192 valence electrons. The zero-order valence-corrected chi connectivity index (χ0v) is 21.2. The van der Waals surface area contributed by atoms with Crippen molar-refractivity contribution in [3.05, 3.63) is 108 Å². The van der Waals surface area contributed by atoms with Gasteiger partial charge in [-0.15, -0.1) is 0 Å². The number of hydrogen-bond donors (Lipinski definition) is 1. The first-order valence-electron chi connectivity index (χ1n) is 12.3. The van der Waals surface area contributed by atoms with Crippen LogP contribution in [0, 0.1) is 0 Å². The Hall–Kier alpha value is -4.92. The van der Waals surface area contributed by atoms with Gasteiger partial charge < -0.3 is 19.7 Å². The van der Waals surface area contributed by atoms with Crippen LogP contribution in [0.25, 0.3) is 5.65 Å². The number of ether oxygens (including phenoxy) is 2. The van der Waals surface area contributed by atoms with Gasteiger partial charge in [-0.1, -0.05) is 60.7 Å². The van der Waals surface area contributed by atoms with E-state index in [2.05, 4.69) is 44.6 Å². The summed E-state index contributed by atoms with van der Waals surface area (Å²) in [7, 11) is 1.56. The maximum absolute atomic E-state index is 12.8. The normalized spacial score (nSPS) is 10.8. The Balaban J connectivity index is 1.65. The molecule has 3 heterocycles. The first kappa shape index (κ1) is 24.8. The van der Waals surface area contributed by atoms with Crippen molar-refractivity contribution in [3.8, 4) is 5.88 Å². The number of rotatable bonds is 10. The standard InChI is InChI=1S/C29H28N6O3/c1-3-38-29(36)23-18-31-35-26(17-25(33-27(23)35)32-24-15-10-16-30-28(24)37-2)34(19-21-11-6-4-7-12-21)20-22-13-8-5-9-14-22/h4-18H,3,19-20H2,1-2H3,(H,32,33). The van der Waals surface area contributed by atoms with E-state index in [4.69, 9.17) is 14.5 Å². The van der Waals surface area contributed by atoms with Crippen LogP contribution in [0.2, 0.25) is 0 Å². The Morgan fingerprint density at radius 1 is 0.974 bits per heavy atom. The van der Waals surface area contributed by atoms with Gasteiger partial charge in [0.25, 0.3) is 0 Å². The van der Waals surface area contributed by atoms with Crippen LogP contribution in [-0.4, -0.2) is 39.3 Å². The lowest BCUT2D eigenvalue weighted by Crippen LogP contribution is -2.25. The van der Waals surface area contributed by atoms with Crippen LogP contribution in [0.1, 0.15) is 28.4 Å². The second kappa shape index (κ2) is 11.4. The maximum Gasteiger partial charge on any atom is 0.343 e. The van der Waals surface area contributed by atoms with Gasteiger partial charge in [-0.05, 0) is 30.2 Å². The summed E-state index contributed by atoms with van der Waals surface area (Å²) in [5, 5.41) is 7.86. The predicted molar refractivity (Wildman–Crippen MR) is 146 cm³/mol. The Kier molecular flexibility index (Phi) is 7.44. The molecule has 0 aliphatic rings. The van der Waals surface area contributed by atoms with Crippen molar-refractivity contribution in [1.29, 1.82) is 0 Å². The number of fused-ring (bicyclic) bond motifs is 1. The van der Waals surface area contributed by atoms with E-state index in [1.165, 1.54) is 6.20 Å². The van der Waals surface area contributed by atoms with Gasteiger partial charge in [0.2, 0.25) is 5.88 Å². The highest BCUT2D eigenvalue weighted by molar-refractivity contribution is 5.96.